The SMILES string of the molecule is COc1ccc(C(C)O)c(OC2CCCCC2)c1. The van der Waals surface area contributed by atoms with Crippen LogP contribution in [0.15, 0.2) is 18.2 Å². The van der Waals surface area contributed by atoms with Gasteiger partial charge in [0.05, 0.1) is 19.3 Å². The molecule has 1 aromatic rings. The summed E-state index contributed by atoms with van der Waals surface area (Å²) in [5.74, 6) is 1.53. The third-order valence-electron chi connectivity index (χ3n) is 3.52. The fourth-order valence-electron chi connectivity index (χ4n) is 2.45. The van der Waals surface area contributed by atoms with Crippen LogP contribution in [0.25, 0.3) is 0 Å². The Morgan fingerprint density at radius 2 is 1.94 bits per heavy atom. The fraction of sp³-hybridized carbons (Fsp3) is 0.600. The summed E-state index contributed by atoms with van der Waals surface area (Å²) in [6.45, 7) is 1.76. The van der Waals surface area contributed by atoms with Gasteiger partial charge in [-0.15, -0.1) is 0 Å². The second kappa shape index (κ2) is 6.10. The van der Waals surface area contributed by atoms with E-state index in [1.54, 1.807) is 14.0 Å². The Labute approximate surface area is 109 Å². The van der Waals surface area contributed by atoms with Crippen molar-refractivity contribution in [3.63, 3.8) is 0 Å². The van der Waals surface area contributed by atoms with Gasteiger partial charge < -0.3 is 14.6 Å². The lowest BCUT2D eigenvalue weighted by atomic mass is 9.97. The van der Waals surface area contributed by atoms with Crippen molar-refractivity contribution in [2.75, 3.05) is 7.11 Å². The van der Waals surface area contributed by atoms with Crippen LogP contribution in [0.1, 0.15) is 50.7 Å². The van der Waals surface area contributed by atoms with Crippen molar-refractivity contribution in [2.45, 2.75) is 51.2 Å². The van der Waals surface area contributed by atoms with E-state index in [1.165, 1.54) is 19.3 Å². The lowest BCUT2D eigenvalue weighted by Crippen LogP contribution is -2.20. The first kappa shape index (κ1) is 13.2. The first-order valence-corrected chi connectivity index (χ1v) is 6.73. The topological polar surface area (TPSA) is 38.7 Å². The number of aliphatic hydroxyl groups is 1. The molecule has 18 heavy (non-hydrogen) atoms. The lowest BCUT2D eigenvalue weighted by molar-refractivity contribution is 0.141. The highest BCUT2D eigenvalue weighted by atomic mass is 16.5. The molecule has 1 aliphatic rings. The molecule has 0 bridgehead atoms. The van der Waals surface area contributed by atoms with E-state index in [4.69, 9.17) is 9.47 Å². The molecule has 0 aromatic heterocycles. The predicted molar refractivity (Wildman–Crippen MR) is 71.1 cm³/mol. The quantitative estimate of drug-likeness (QED) is 0.889. The number of hydrogen-bond acceptors (Lipinski definition) is 3. The van der Waals surface area contributed by atoms with Crippen molar-refractivity contribution in [1.29, 1.82) is 0 Å². The van der Waals surface area contributed by atoms with Crippen LogP contribution in [0, 0.1) is 0 Å². The van der Waals surface area contributed by atoms with Crippen LogP contribution < -0.4 is 9.47 Å². The average Bonchev–Trinajstić information content (AvgIpc) is 2.39. The van der Waals surface area contributed by atoms with Gasteiger partial charge in [0, 0.05) is 11.6 Å². The minimum absolute atomic E-state index is 0.281. The van der Waals surface area contributed by atoms with E-state index >= 15 is 0 Å². The summed E-state index contributed by atoms with van der Waals surface area (Å²) in [6.07, 6.45) is 5.75. The van der Waals surface area contributed by atoms with Gasteiger partial charge in [0.25, 0.3) is 0 Å². The predicted octanol–water partition coefficient (Wildman–Crippen LogP) is 3.46. The highest BCUT2D eigenvalue weighted by molar-refractivity contribution is 5.42. The number of hydrogen-bond donors (Lipinski definition) is 1. The number of rotatable bonds is 4. The molecule has 100 valence electrons. The molecular formula is C15H22O3. The maximum absolute atomic E-state index is 9.78. The van der Waals surface area contributed by atoms with Crippen molar-refractivity contribution in [3.05, 3.63) is 23.8 Å². The van der Waals surface area contributed by atoms with Gasteiger partial charge in [-0.1, -0.05) is 6.42 Å². The number of methoxy groups -OCH3 is 1. The first-order valence-electron chi connectivity index (χ1n) is 6.73. The molecule has 0 aliphatic heterocycles. The fourth-order valence-corrected chi connectivity index (χ4v) is 2.45. The molecule has 0 heterocycles. The monoisotopic (exact) mass is 250 g/mol. The molecule has 3 nitrogen and oxygen atoms in total. The first-order chi connectivity index (χ1) is 8.70. The average molecular weight is 250 g/mol. The second-order valence-electron chi connectivity index (χ2n) is 4.96. The van der Waals surface area contributed by atoms with E-state index in [1.807, 2.05) is 18.2 Å². The Morgan fingerprint density at radius 3 is 2.56 bits per heavy atom. The van der Waals surface area contributed by atoms with Crippen molar-refractivity contribution in [2.24, 2.45) is 0 Å². The third kappa shape index (κ3) is 3.16. The third-order valence-corrected chi connectivity index (χ3v) is 3.52. The normalized spacial score (nSPS) is 18.4. The van der Waals surface area contributed by atoms with Crippen LogP contribution in [-0.4, -0.2) is 18.3 Å². The smallest absolute Gasteiger partial charge is 0.129 e. The van der Waals surface area contributed by atoms with E-state index in [0.717, 1.165) is 29.9 Å². The summed E-state index contributed by atoms with van der Waals surface area (Å²) in [5, 5.41) is 9.78. The highest BCUT2D eigenvalue weighted by Gasteiger charge is 2.18. The summed E-state index contributed by atoms with van der Waals surface area (Å²) in [4.78, 5) is 0. The molecule has 1 aliphatic carbocycles. The molecule has 0 amide bonds. The van der Waals surface area contributed by atoms with E-state index in [2.05, 4.69) is 0 Å². The van der Waals surface area contributed by atoms with Crippen molar-refractivity contribution < 1.29 is 14.6 Å². The van der Waals surface area contributed by atoms with Gasteiger partial charge in [0.1, 0.15) is 11.5 Å². The van der Waals surface area contributed by atoms with E-state index in [0.29, 0.717) is 0 Å². The Kier molecular flexibility index (Phi) is 4.48. The molecule has 0 radical (unpaired) electrons. The molecule has 0 spiro atoms. The summed E-state index contributed by atoms with van der Waals surface area (Å²) >= 11 is 0. The molecule has 1 aromatic carbocycles. The van der Waals surface area contributed by atoms with Crippen molar-refractivity contribution in [3.8, 4) is 11.5 Å². The van der Waals surface area contributed by atoms with E-state index in [-0.39, 0.29) is 6.10 Å². The standard InChI is InChI=1S/C15H22O3/c1-11(16)14-9-8-13(17-2)10-15(14)18-12-6-4-3-5-7-12/h8-12,16H,3-7H2,1-2H3. The molecule has 1 saturated carbocycles. The number of ether oxygens (including phenoxy) is 2. The number of aliphatic hydroxyl groups excluding tert-OH is 1. The second-order valence-corrected chi connectivity index (χ2v) is 4.96. The van der Waals surface area contributed by atoms with E-state index < -0.39 is 6.10 Å². The van der Waals surface area contributed by atoms with Gasteiger partial charge in [-0.25, -0.2) is 0 Å². The summed E-state index contributed by atoms with van der Waals surface area (Å²) in [6, 6.07) is 5.61. The summed E-state index contributed by atoms with van der Waals surface area (Å²) in [5.41, 5.74) is 0.835. The maximum atomic E-state index is 9.78. The molecule has 1 fully saturated rings. The van der Waals surface area contributed by atoms with Crippen LogP contribution in [-0.2, 0) is 0 Å². The Hall–Kier alpha value is -1.22. The minimum Gasteiger partial charge on any atom is -0.497 e. The molecule has 0 saturated heterocycles. The van der Waals surface area contributed by atoms with Gasteiger partial charge in [-0.05, 0) is 44.7 Å². The minimum atomic E-state index is -0.519. The molecule has 1 atom stereocenters. The van der Waals surface area contributed by atoms with Gasteiger partial charge in [0.2, 0.25) is 0 Å². The van der Waals surface area contributed by atoms with Crippen LogP contribution >= 0.6 is 0 Å². The lowest BCUT2D eigenvalue weighted by Gasteiger charge is -2.25. The molecule has 1 N–H and O–H groups in total. The Morgan fingerprint density at radius 1 is 1.22 bits per heavy atom. The zero-order valence-electron chi connectivity index (χ0n) is 11.2. The van der Waals surface area contributed by atoms with Gasteiger partial charge in [0.15, 0.2) is 0 Å². The van der Waals surface area contributed by atoms with E-state index in [9.17, 15) is 5.11 Å². The van der Waals surface area contributed by atoms with Gasteiger partial charge in [-0.3, -0.25) is 0 Å². The molecular weight excluding hydrogens is 228 g/mol. The summed E-state index contributed by atoms with van der Waals surface area (Å²) < 4.78 is 11.3. The molecule has 1 unspecified atom stereocenters. The van der Waals surface area contributed by atoms with Crippen molar-refractivity contribution in [1.82, 2.24) is 0 Å². The van der Waals surface area contributed by atoms with Crippen LogP contribution in [0.3, 0.4) is 0 Å². The Balaban J connectivity index is 2.17. The van der Waals surface area contributed by atoms with Crippen LogP contribution in [0.2, 0.25) is 0 Å². The largest absolute Gasteiger partial charge is 0.497 e. The van der Waals surface area contributed by atoms with Gasteiger partial charge >= 0.3 is 0 Å². The molecule has 2 rings (SSSR count). The summed E-state index contributed by atoms with van der Waals surface area (Å²) in [7, 11) is 1.64. The van der Waals surface area contributed by atoms with Crippen LogP contribution in [0.5, 0.6) is 11.5 Å². The van der Waals surface area contributed by atoms with Crippen LogP contribution in [0.4, 0.5) is 0 Å². The maximum Gasteiger partial charge on any atom is 0.129 e. The van der Waals surface area contributed by atoms with Crippen molar-refractivity contribution >= 4 is 0 Å². The zero-order chi connectivity index (χ0) is 13.0. The number of benzene rings is 1. The Bertz CT molecular complexity index is 381. The zero-order valence-corrected chi connectivity index (χ0v) is 11.2. The van der Waals surface area contributed by atoms with Gasteiger partial charge in [-0.2, -0.15) is 0 Å². The molecule has 3 heteroatoms. The highest BCUT2D eigenvalue weighted by Crippen LogP contribution is 2.32.